The Bertz CT molecular complexity index is 396. The first-order chi connectivity index (χ1) is 8.63. The van der Waals surface area contributed by atoms with Crippen LogP contribution in [-0.4, -0.2) is 40.4 Å². The summed E-state index contributed by atoms with van der Waals surface area (Å²) in [5.74, 6) is 0. The Morgan fingerprint density at radius 1 is 1.44 bits per heavy atom. The molecule has 4 nitrogen and oxygen atoms in total. The summed E-state index contributed by atoms with van der Waals surface area (Å²) < 4.78 is 1.77. The molecule has 1 N–H and O–H groups in total. The summed E-state index contributed by atoms with van der Waals surface area (Å²) in [4.78, 5) is 2.52. The van der Waals surface area contributed by atoms with Gasteiger partial charge >= 0.3 is 0 Å². The van der Waals surface area contributed by atoms with Crippen molar-refractivity contribution in [3.63, 3.8) is 0 Å². The van der Waals surface area contributed by atoms with Gasteiger partial charge in [0, 0.05) is 25.2 Å². The monoisotopic (exact) mass is 270 g/mol. The second-order valence-electron chi connectivity index (χ2n) is 5.02. The number of hydrogen-bond acceptors (Lipinski definition) is 3. The van der Waals surface area contributed by atoms with Crippen LogP contribution in [0.4, 0.5) is 0 Å². The molecule has 1 aromatic heterocycles. The van der Waals surface area contributed by atoms with E-state index in [4.69, 9.17) is 11.6 Å². The number of aromatic nitrogens is 2. The zero-order valence-corrected chi connectivity index (χ0v) is 12.3. The van der Waals surface area contributed by atoms with Crippen LogP contribution in [0.5, 0.6) is 0 Å². The van der Waals surface area contributed by atoms with Crippen LogP contribution in [0.3, 0.4) is 0 Å². The van der Waals surface area contributed by atoms with Crippen LogP contribution < -0.4 is 5.32 Å². The van der Waals surface area contributed by atoms with Crippen LogP contribution in [0.2, 0.25) is 5.15 Å². The van der Waals surface area contributed by atoms with Crippen molar-refractivity contribution >= 4 is 11.6 Å². The topological polar surface area (TPSA) is 33.1 Å². The molecule has 0 radical (unpaired) electrons. The molecule has 1 saturated heterocycles. The molecule has 102 valence electrons. The van der Waals surface area contributed by atoms with E-state index in [0.29, 0.717) is 6.04 Å². The highest BCUT2D eigenvalue weighted by molar-refractivity contribution is 6.30. The third kappa shape index (κ3) is 2.87. The van der Waals surface area contributed by atoms with Crippen molar-refractivity contribution in [2.24, 2.45) is 7.05 Å². The smallest absolute Gasteiger partial charge is 0.131 e. The molecule has 0 aromatic carbocycles. The molecule has 2 rings (SSSR count). The lowest BCUT2D eigenvalue weighted by Gasteiger charge is -2.33. The first-order valence-electron chi connectivity index (χ1n) is 6.76. The van der Waals surface area contributed by atoms with Crippen molar-refractivity contribution in [2.45, 2.75) is 39.3 Å². The predicted molar refractivity (Wildman–Crippen MR) is 74.9 cm³/mol. The van der Waals surface area contributed by atoms with Crippen molar-refractivity contribution < 1.29 is 0 Å². The number of rotatable bonds is 4. The van der Waals surface area contributed by atoms with Crippen LogP contribution in [0, 0.1) is 6.92 Å². The first kappa shape index (κ1) is 13.8. The molecule has 1 aliphatic rings. The Morgan fingerprint density at radius 2 is 2.11 bits per heavy atom. The van der Waals surface area contributed by atoms with Gasteiger partial charge < -0.3 is 5.32 Å². The van der Waals surface area contributed by atoms with Crippen molar-refractivity contribution in [1.29, 1.82) is 0 Å². The summed E-state index contributed by atoms with van der Waals surface area (Å²) >= 11 is 6.32. The fourth-order valence-electron chi connectivity index (χ4n) is 2.73. The van der Waals surface area contributed by atoms with Crippen LogP contribution in [0.1, 0.15) is 31.0 Å². The number of hydrogen-bond donors (Lipinski definition) is 1. The lowest BCUT2D eigenvalue weighted by molar-refractivity contribution is 0.162. The van der Waals surface area contributed by atoms with Crippen molar-refractivity contribution in [3.8, 4) is 0 Å². The Kier molecular flexibility index (Phi) is 4.65. The normalized spacial score (nSPS) is 17.6. The van der Waals surface area contributed by atoms with Gasteiger partial charge in [-0.3, -0.25) is 9.58 Å². The predicted octanol–water partition coefficient (Wildman–Crippen LogP) is 1.96. The fraction of sp³-hybridized carbons (Fsp3) is 0.769. The number of nitrogens with one attached hydrogen (secondary N) is 1. The molecule has 1 fully saturated rings. The average Bonchev–Trinajstić information content (AvgIpc) is 2.62. The molecule has 0 bridgehead atoms. The molecule has 0 atom stereocenters. The minimum absolute atomic E-state index is 0.673. The van der Waals surface area contributed by atoms with Crippen LogP contribution >= 0.6 is 11.6 Å². The Balaban J connectivity index is 2.09. The molecule has 1 aromatic rings. The van der Waals surface area contributed by atoms with Gasteiger partial charge in [-0.1, -0.05) is 18.5 Å². The van der Waals surface area contributed by atoms with E-state index < -0.39 is 0 Å². The SMILES string of the molecule is CCN(Cc1c(C)nn(C)c1Cl)C1CCNCC1. The van der Waals surface area contributed by atoms with E-state index in [1.807, 2.05) is 14.0 Å². The zero-order valence-electron chi connectivity index (χ0n) is 11.5. The summed E-state index contributed by atoms with van der Waals surface area (Å²) in [7, 11) is 1.90. The fourth-order valence-corrected chi connectivity index (χ4v) is 2.96. The molecule has 5 heteroatoms. The van der Waals surface area contributed by atoms with E-state index in [1.54, 1.807) is 4.68 Å². The highest BCUT2D eigenvalue weighted by Crippen LogP contribution is 2.23. The number of halogens is 1. The van der Waals surface area contributed by atoms with Gasteiger partial charge in [0.2, 0.25) is 0 Å². The molecule has 18 heavy (non-hydrogen) atoms. The molecule has 0 spiro atoms. The highest BCUT2D eigenvalue weighted by Gasteiger charge is 2.22. The molecule has 0 amide bonds. The first-order valence-corrected chi connectivity index (χ1v) is 7.14. The maximum absolute atomic E-state index is 6.32. The van der Waals surface area contributed by atoms with Gasteiger partial charge in [0.05, 0.1) is 5.69 Å². The van der Waals surface area contributed by atoms with Gasteiger partial charge in [0.15, 0.2) is 0 Å². The molecule has 0 aliphatic carbocycles. The van der Waals surface area contributed by atoms with Gasteiger partial charge in [-0.25, -0.2) is 0 Å². The summed E-state index contributed by atoms with van der Waals surface area (Å²) in [6.45, 7) is 8.50. The molecule has 0 unspecified atom stereocenters. The lowest BCUT2D eigenvalue weighted by atomic mass is 10.0. The van der Waals surface area contributed by atoms with E-state index in [9.17, 15) is 0 Å². The lowest BCUT2D eigenvalue weighted by Crippen LogP contribution is -2.42. The Hall–Kier alpha value is -0.580. The maximum Gasteiger partial charge on any atom is 0.131 e. The molecule has 2 heterocycles. The second-order valence-corrected chi connectivity index (χ2v) is 5.38. The molecular formula is C13H23ClN4. The third-order valence-electron chi connectivity index (χ3n) is 3.86. The number of aryl methyl sites for hydroxylation is 2. The minimum Gasteiger partial charge on any atom is -0.317 e. The Labute approximate surface area is 114 Å². The summed E-state index contributed by atoms with van der Waals surface area (Å²) in [5, 5.41) is 8.58. The standard InChI is InChI=1S/C13H23ClN4/c1-4-18(11-5-7-15-8-6-11)9-12-10(2)16-17(3)13(12)14/h11,15H,4-9H2,1-3H3. The summed E-state index contributed by atoms with van der Waals surface area (Å²) in [6, 6.07) is 0.673. The van der Waals surface area contributed by atoms with Gasteiger partial charge in [-0.05, 0) is 39.4 Å². The van der Waals surface area contributed by atoms with Gasteiger partial charge in [0.1, 0.15) is 5.15 Å². The average molecular weight is 271 g/mol. The summed E-state index contributed by atoms with van der Waals surface area (Å²) in [5.41, 5.74) is 2.23. The Morgan fingerprint density at radius 3 is 2.61 bits per heavy atom. The van der Waals surface area contributed by atoms with Crippen molar-refractivity contribution in [2.75, 3.05) is 19.6 Å². The van der Waals surface area contributed by atoms with E-state index >= 15 is 0 Å². The third-order valence-corrected chi connectivity index (χ3v) is 4.34. The largest absolute Gasteiger partial charge is 0.317 e. The zero-order chi connectivity index (χ0) is 13.1. The van der Waals surface area contributed by atoms with Crippen LogP contribution in [0.25, 0.3) is 0 Å². The highest BCUT2D eigenvalue weighted by atomic mass is 35.5. The summed E-state index contributed by atoms with van der Waals surface area (Å²) in [6.07, 6.45) is 2.45. The van der Waals surface area contributed by atoms with Crippen LogP contribution in [0.15, 0.2) is 0 Å². The second kappa shape index (κ2) is 6.04. The minimum atomic E-state index is 0.673. The van der Waals surface area contributed by atoms with E-state index in [-0.39, 0.29) is 0 Å². The van der Waals surface area contributed by atoms with Gasteiger partial charge in [-0.15, -0.1) is 0 Å². The number of nitrogens with zero attached hydrogens (tertiary/aromatic N) is 3. The molecular weight excluding hydrogens is 248 g/mol. The quantitative estimate of drug-likeness (QED) is 0.908. The van der Waals surface area contributed by atoms with E-state index in [0.717, 1.165) is 37.0 Å². The van der Waals surface area contributed by atoms with E-state index in [1.165, 1.54) is 18.4 Å². The van der Waals surface area contributed by atoms with E-state index in [2.05, 4.69) is 22.2 Å². The maximum atomic E-state index is 6.32. The number of piperidine rings is 1. The van der Waals surface area contributed by atoms with Crippen LogP contribution in [-0.2, 0) is 13.6 Å². The van der Waals surface area contributed by atoms with Crippen molar-refractivity contribution in [3.05, 3.63) is 16.4 Å². The molecule has 1 aliphatic heterocycles. The molecule has 0 saturated carbocycles. The van der Waals surface area contributed by atoms with Gasteiger partial charge in [-0.2, -0.15) is 5.10 Å². The van der Waals surface area contributed by atoms with Gasteiger partial charge in [0.25, 0.3) is 0 Å². The van der Waals surface area contributed by atoms with Crippen molar-refractivity contribution in [1.82, 2.24) is 20.0 Å².